The maximum Gasteiger partial charge on any atom is 0.234 e. The number of carbonyl (C=O) groups is 1. The first kappa shape index (κ1) is 19.9. The van der Waals surface area contributed by atoms with Crippen LogP contribution >= 0.6 is 11.8 Å². The molecule has 146 valence electrons. The van der Waals surface area contributed by atoms with Gasteiger partial charge >= 0.3 is 0 Å². The number of nitrogens with one attached hydrogen (secondary N) is 1. The van der Waals surface area contributed by atoms with Gasteiger partial charge in [-0.3, -0.25) is 4.79 Å². The van der Waals surface area contributed by atoms with E-state index in [2.05, 4.69) is 15.5 Å². The molecule has 0 bridgehead atoms. The van der Waals surface area contributed by atoms with Crippen LogP contribution in [0.5, 0.6) is 5.75 Å². The van der Waals surface area contributed by atoms with Crippen molar-refractivity contribution in [2.75, 3.05) is 17.7 Å². The maximum absolute atomic E-state index is 12.3. The zero-order chi connectivity index (χ0) is 19.9. The minimum Gasteiger partial charge on any atom is -0.493 e. The molecule has 0 spiro atoms. The van der Waals surface area contributed by atoms with Gasteiger partial charge in [-0.05, 0) is 45.0 Å². The lowest BCUT2D eigenvalue weighted by atomic mass is 10.2. The second-order valence-corrected chi connectivity index (χ2v) is 7.12. The summed E-state index contributed by atoms with van der Waals surface area (Å²) in [7, 11) is 0. The molecule has 0 aliphatic heterocycles. The van der Waals surface area contributed by atoms with Crippen molar-refractivity contribution in [1.82, 2.24) is 14.8 Å². The fourth-order valence-electron chi connectivity index (χ4n) is 2.78. The number of carbonyl (C=O) groups excluding carboxylic acids is 1. The van der Waals surface area contributed by atoms with Gasteiger partial charge in [0.25, 0.3) is 0 Å². The van der Waals surface area contributed by atoms with E-state index in [1.54, 1.807) is 0 Å². The highest BCUT2D eigenvalue weighted by Gasteiger charge is 2.17. The van der Waals surface area contributed by atoms with Crippen molar-refractivity contribution in [3.05, 3.63) is 54.1 Å². The Morgan fingerprint density at radius 3 is 2.57 bits per heavy atom. The number of aryl methyl sites for hydroxylation is 1. The van der Waals surface area contributed by atoms with Gasteiger partial charge in [0.05, 0.1) is 17.9 Å². The first-order valence-corrected chi connectivity index (χ1v) is 10.3. The summed E-state index contributed by atoms with van der Waals surface area (Å²) >= 11 is 1.37. The van der Waals surface area contributed by atoms with Crippen LogP contribution in [0.15, 0.2) is 53.7 Å². The van der Waals surface area contributed by atoms with Crippen molar-refractivity contribution in [3.8, 4) is 17.1 Å². The third-order valence-electron chi connectivity index (χ3n) is 4.13. The summed E-state index contributed by atoms with van der Waals surface area (Å²) < 4.78 is 7.72. The standard InChI is InChI=1S/C21H24N4O2S/c1-4-25-20(17-8-6-7-9-18(17)27-5-2)23-24-21(25)28-14-19(26)22-16-12-10-15(3)11-13-16/h6-13H,4-5,14H2,1-3H3,(H,22,26). The van der Waals surface area contributed by atoms with Gasteiger partial charge in [0.2, 0.25) is 5.91 Å². The Labute approximate surface area is 169 Å². The van der Waals surface area contributed by atoms with E-state index in [1.165, 1.54) is 11.8 Å². The Morgan fingerprint density at radius 2 is 1.86 bits per heavy atom. The van der Waals surface area contributed by atoms with Crippen LogP contribution in [0, 0.1) is 6.92 Å². The van der Waals surface area contributed by atoms with Crippen LogP contribution in [0.25, 0.3) is 11.4 Å². The highest BCUT2D eigenvalue weighted by atomic mass is 32.2. The number of rotatable bonds is 8. The van der Waals surface area contributed by atoms with Crippen LogP contribution in [-0.4, -0.2) is 33.0 Å². The van der Waals surface area contributed by atoms with Crippen molar-refractivity contribution >= 4 is 23.4 Å². The Bertz CT molecular complexity index is 938. The second kappa shape index (κ2) is 9.41. The molecule has 0 aliphatic rings. The predicted octanol–water partition coefficient (Wildman–Crippen LogP) is 4.40. The average molecular weight is 397 g/mol. The van der Waals surface area contributed by atoms with Gasteiger partial charge in [-0.2, -0.15) is 0 Å². The summed E-state index contributed by atoms with van der Waals surface area (Å²) in [6, 6.07) is 15.5. The van der Waals surface area contributed by atoms with Crippen LogP contribution in [0.2, 0.25) is 0 Å². The summed E-state index contributed by atoms with van der Waals surface area (Å²) in [6.45, 7) is 7.28. The molecule has 0 saturated heterocycles. The first-order chi connectivity index (χ1) is 13.6. The number of ether oxygens (including phenoxy) is 1. The number of amides is 1. The Morgan fingerprint density at radius 1 is 1.11 bits per heavy atom. The molecule has 7 heteroatoms. The van der Waals surface area contributed by atoms with Crippen molar-refractivity contribution < 1.29 is 9.53 Å². The third-order valence-corrected chi connectivity index (χ3v) is 5.10. The predicted molar refractivity (Wildman–Crippen MR) is 113 cm³/mol. The lowest BCUT2D eigenvalue weighted by Crippen LogP contribution is -2.14. The molecule has 1 amide bonds. The first-order valence-electron chi connectivity index (χ1n) is 9.27. The molecule has 28 heavy (non-hydrogen) atoms. The van der Waals surface area contributed by atoms with Gasteiger partial charge in [-0.25, -0.2) is 0 Å². The fourth-order valence-corrected chi connectivity index (χ4v) is 3.58. The van der Waals surface area contributed by atoms with Gasteiger partial charge in [-0.15, -0.1) is 10.2 Å². The Balaban J connectivity index is 1.72. The number of nitrogens with zero attached hydrogens (tertiary/aromatic N) is 3. The van der Waals surface area contributed by atoms with Crippen molar-refractivity contribution in [3.63, 3.8) is 0 Å². The van der Waals surface area contributed by atoms with E-state index in [0.717, 1.165) is 28.4 Å². The Hall–Kier alpha value is -2.80. The van der Waals surface area contributed by atoms with Crippen molar-refractivity contribution in [2.24, 2.45) is 0 Å². The monoisotopic (exact) mass is 396 g/mol. The molecular formula is C21H24N4O2S. The molecule has 0 fully saturated rings. The molecule has 1 N–H and O–H groups in total. The van der Waals surface area contributed by atoms with Crippen molar-refractivity contribution in [2.45, 2.75) is 32.5 Å². The van der Waals surface area contributed by atoms with Crippen LogP contribution in [0.3, 0.4) is 0 Å². The summed E-state index contributed by atoms with van der Waals surface area (Å²) in [5.41, 5.74) is 2.84. The van der Waals surface area contributed by atoms with Gasteiger partial charge < -0.3 is 14.6 Å². The van der Waals surface area contributed by atoms with E-state index in [4.69, 9.17) is 4.74 Å². The molecule has 3 rings (SSSR count). The number of aromatic nitrogens is 3. The molecule has 2 aromatic carbocycles. The molecule has 0 unspecified atom stereocenters. The summed E-state index contributed by atoms with van der Waals surface area (Å²) in [5, 5.41) is 12.3. The molecule has 0 radical (unpaired) electrons. The smallest absolute Gasteiger partial charge is 0.234 e. The molecule has 1 heterocycles. The maximum atomic E-state index is 12.3. The van der Waals surface area contributed by atoms with Gasteiger partial charge in [0.15, 0.2) is 11.0 Å². The zero-order valence-electron chi connectivity index (χ0n) is 16.3. The van der Waals surface area contributed by atoms with E-state index in [-0.39, 0.29) is 11.7 Å². The van der Waals surface area contributed by atoms with Crippen molar-refractivity contribution in [1.29, 1.82) is 0 Å². The third kappa shape index (κ3) is 4.72. The van der Waals surface area contributed by atoms with Crippen LogP contribution in [0.4, 0.5) is 5.69 Å². The summed E-state index contributed by atoms with van der Waals surface area (Å²) in [6.07, 6.45) is 0. The van der Waals surface area contributed by atoms with E-state index in [1.807, 2.05) is 73.9 Å². The number of anilines is 1. The minimum atomic E-state index is -0.0734. The summed E-state index contributed by atoms with van der Waals surface area (Å²) in [4.78, 5) is 12.3. The number of hydrogen-bond acceptors (Lipinski definition) is 5. The highest BCUT2D eigenvalue weighted by molar-refractivity contribution is 7.99. The molecule has 6 nitrogen and oxygen atoms in total. The lowest BCUT2D eigenvalue weighted by Gasteiger charge is -2.11. The lowest BCUT2D eigenvalue weighted by molar-refractivity contribution is -0.113. The molecule has 0 atom stereocenters. The second-order valence-electron chi connectivity index (χ2n) is 6.18. The number of para-hydroxylation sites is 1. The van der Waals surface area contributed by atoms with E-state index in [9.17, 15) is 4.79 Å². The quantitative estimate of drug-likeness (QED) is 0.572. The van der Waals surface area contributed by atoms with E-state index < -0.39 is 0 Å². The van der Waals surface area contributed by atoms with E-state index >= 15 is 0 Å². The van der Waals surface area contributed by atoms with Crippen LogP contribution < -0.4 is 10.1 Å². The largest absolute Gasteiger partial charge is 0.493 e. The number of benzene rings is 2. The van der Waals surface area contributed by atoms with Crippen LogP contribution in [-0.2, 0) is 11.3 Å². The molecule has 0 aliphatic carbocycles. The molecule has 3 aromatic rings. The Kier molecular flexibility index (Phi) is 6.71. The molecular weight excluding hydrogens is 372 g/mol. The SMILES string of the molecule is CCOc1ccccc1-c1nnc(SCC(=O)Nc2ccc(C)cc2)n1CC. The minimum absolute atomic E-state index is 0.0734. The number of thioether (sulfide) groups is 1. The number of hydrogen-bond donors (Lipinski definition) is 1. The highest BCUT2D eigenvalue weighted by Crippen LogP contribution is 2.31. The normalized spacial score (nSPS) is 10.7. The van der Waals surface area contributed by atoms with Gasteiger partial charge in [-0.1, -0.05) is 41.6 Å². The molecule has 1 aromatic heterocycles. The van der Waals surface area contributed by atoms with Gasteiger partial charge in [0.1, 0.15) is 5.75 Å². The summed E-state index contributed by atoms with van der Waals surface area (Å²) in [5.74, 6) is 1.71. The molecule has 0 saturated carbocycles. The van der Waals surface area contributed by atoms with E-state index in [0.29, 0.717) is 18.3 Å². The van der Waals surface area contributed by atoms with Crippen LogP contribution in [0.1, 0.15) is 19.4 Å². The topological polar surface area (TPSA) is 69.0 Å². The average Bonchev–Trinajstić information content (AvgIpc) is 3.11. The fraction of sp³-hybridized carbons (Fsp3) is 0.286. The zero-order valence-corrected chi connectivity index (χ0v) is 17.1. The van der Waals surface area contributed by atoms with Gasteiger partial charge in [0, 0.05) is 12.2 Å².